The van der Waals surface area contributed by atoms with Gasteiger partial charge < -0.3 is 9.47 Å². The normalized spacial score (nSPS) is 11.4. The molecule has 0 saturated carbocycles. The molecule has 9 heteroatoms. The van der Waals surface area contributed by atoms with Crippen LogP contribution < -0.4 is 9.47 Å². The molecule has 0 unspecified atom stereocenters. The average Bonchev–Trinajstić information content (AvgIpc) is 3.07. The zero-order valence-electron chi connectivity index (χ0n) is 17.6. The van der Waals surface area contributed by atoms with E-state index in [0.717, 1.165) is 0 Å². The van der Waals surface area contributed by atoms with Crippen LogP contribution in [0.15, 0.2) is 77.7 Å². The van der Waals surface area contributed by atoms with Gasteiger partial charge in [0, 0.05) is 24.8 Å². The van der Waals surface area contributed by atoms with Crippen molar-refractivity contribution < 1.29 is 27.5 Å². The van der Waals surface area contributed by atoms with Crippen LogP contribution in [-0.2, 0) is 19.6 Å². The first-order valence-electron chi connectivity index (χ1n) is 9.80. The standard InChI is InChI=1S/C24H18ClNO6S/c1-15(27)31-18-10-8-17(9-11-18)24-23(25)21-14-19(32-16(2)28)12-13-22(21)26(24)33(29,30)20-6-4-3-5-7-20/h3-14H,1-2H3. The number of benzene rings is 3. The molecule has 0 aliphatic heterocycles. The first kappa shape index (κ1) is 22.6. The number of esters is 2. The summed E-state index contributed by atoms with van der Waals surface area (Å²) in [5.74, 6) is -0.432. The van der Waals surface area contributed by atoms with Crippen LogP contribution in [0, 0.1) is 0 Å². The van der Waals surface area contributed by atoms with E-state index in [9.17, 15) is 18.0 Å². The summed E-state index contributed by atoms with van der Waals surface area (Å²) in [5.41, 5.74) is 1.03. The minimum atomic E-state index is -4.05. The Morgan fingerprint density at radius 1 is 0.818 bits per heavy atom. The molecule has 0 aliphatic rings. The molecule has 0 aliphatic carbocycles. The maximum Gasteiger partial charge on any atom is 0.308 e. The van der Waals surface area contributed by atoms with Crippen molar-refractivity contribution in [1.29, 1.82) is 0 Å². The zero-order chi connectivity index (χ0) is 23.8. The van der Waals surface area contributed by atoms with E-state index in [1.165, 1.54) is 48.2 Å². The smallest absolute Gasteiger partial charge is 0.308 e. The third kappa shape index (κ3) is 4.35. The number of rotatable bonds is 5. The maximum absolute atomic E-state index is 13.7. The SMILES string of the molecule is CC(=O)Oc1ccc(-c2c(Cl)c3cc(OC(C)=O)ccc3n2S(=O)(=O)c2ccccc2)cc1. The molecule has 0 fully saturated rings. The maximum atomic E-state index is 13.7. The molecule has 1 aromatic heterocycles. The largest absolute Gasteiger partial charge is 0.427 e. The Bertz CT molecular complexity index is 1480. The molecule has 0 N–H and O–H groups in total. The van der Waals surface area contributed by atoms with E-state index in [1.54, 1.807) is 42.5 Å². The fraction of sp³-hybridized carbons (Fsp3) is 0.0833. The lowest BCUT2D eigenvalue weighted by atomic mass is 10.1. The molecular weight excluding hydrogens is 466 g/mol. The summed E-state index contributed by atoms with van der Waals surface area (Å²) in [6.45, 7) is 2.56. The highest BCUT2D eigenvalue weighted by Gasteiger charge is 2.27. The lowest BCUT2D eigenvalue weighted by molar-refractivity contribution is -0.132. The van der Waals surface area contributed by atoms with Gasteiger partial charge in [-0.3, -0.25) is 9.59 Å². The van der Waals surface area contributed by atoms with Crippen LogP contribution in [0.4, 0.5) is 0 Å². The number of hydrogen-bond acceptors (Lipinski definition) is 6. The Hall–Kier alpha value is -3.62. The summed E-state index contributed by atoms with van der Waals surface area (Å²) in [5, 5.41) is 0.563. The fourth-order valence-electron chi connectivity index (χ4n) is 3.47. The first-order valence-corrected chi connectivity index (χ1v) is 11.6. The second kappa shape index (κ2) is 8.73. The van der Waals surface area contributed by atoms with Gasteiger partial charge in [-0.15, -0.1) is 0 Å². The lowest BCUT2D eigenvalue weighted by Gasteiger charge is -2.13. The van der Waals surface area contributed by atoms with Crippen molar-refractivity contribution >= 4 is 44.5 Å². The Morgan fingerprint density at radius 3 is 2.00 bits per heavy atom. The number of carbonyl (C=O) groups excluding carboxylic acids is 2. The van der Waals surface area contributed by atoms with Gasteiger partial charge in [-0.1, -0.05) is 29.8 Å². The molecule has 7 nitrogen and oxygen atoms in total. The monoisotopic (exact) mass is 483 g/mol. The zero-order valence-corrected chi connectivity index (χ0v) is 19.2. The highest BCUT2D eigenvalue weighted by Crippen LogP contribution is 2.41. The van der Waals surface area contributed by atoms with E-state index in [2.05, 4.69) is 0 Å². The third-order valence-electron chi connectivity index (χ3n) is 4.77. The van der Waals surface area contributed by atoms with Crippen LogP contribution in [0.1, 0.15) is 13.8 Å². The number of hydrogen-bond donors (Lipinski definition) is 0. The molecule has 4 aromatic rings. The molecule has 0 saturated heterocycles. The summed E-state index contributed by atoms with van der Waals surface area (Å²) < 4.78 is 38.7. The van der Waals surface area contributed by atoms with Gasteiger partial charge in [0.05, 0.1) is 21.1 Å². The summed E-state index contributed by atoms with van der Waals surface area (Å²) in [6, 6.07) is 18.9. The first-order chi connectivity index (χ1) is 15.7. The molecule has 168 valence electrons. The fourth-order valence-corrected chi connectivity index (χ4v) is 5.44. The second-order valence-electron chi connectivity index (χ2n) is 7.14. The van der Waals surface area contributed by atoms with E-state index in [-0.39, 0.29) is 21.4 Å². The minimum absolute atomic E-state index is 0.0837. The predicted octanol–water partition coefficient (Wildman–Crippen LogP) is 5.05. The van der Waals surface area contributed by atoms with Crippen molar-refractivity contribution in [2.75, 3.05) is 0 Å². The van der Waals surface area contributed by atoms with Crippen molar-refractivity contribution in [1.82, 2.24) is 3.97 Å². The quantitative estimate of drug-likeness (QED) is 0.291. The van der Waals surface area contributed by atoms with Crippen LogP contribution in [0.3, 0.4) is 0 Å². The van der Waals surface area contributed by atoms with Crippen LogP contribution in [0.2, 0.25) is 5.02 Å². The molecule has 0 amide bonds. The summed E-state index contributed by atoms with van der Waals surface area (Å²) >= 11 is 6.71. The molecule has 0 spiro atoms. The van der Waals surface area contributed by atoms with Gasteiger partial charge in [-0.2, -0.15) is 0 Å². The van der Waals surface area contributed by atoms with Gasteiger partial charge >= 0.3 is 11.9 Å². The van der Waals surface area contributed by atoms with Crippen molar-refractivity contribution in [3.8, 4) is 22.8 Å². The lowest BCUT2D eigenvalue weighted by Crippen LogP contribution is -2.14. The Kier molecular flexibility index (Phi) is 5.97. The van der Waals surface area contributed by atoms with Gasteiger partial charge in [0.15, 0.2) is 0 Å². The third-order valence-corrected chi connectivity index (χ3v) is 6.88. The number of ether oxygens (including phenoxy) is 2. The number of nitrogens with zero attached hydrogens (tertiary/aromatic N) is 1. The van der Waals surface area contributed by atoms with E-state index in [4.69, 9.17) is 21.1 Å². The number of aromatic nitrogens is 1. The highest BCUT2D eigenvalue weighted by molar-refractivity contribution is 7.90. The molecule has 4 rings (SSSR count). The van der Waals surface area contributed by atoms with Crippen molar-refractivity contribution in [2.24, 2.45) is 0 Å². The molecule has 0 bridgehead atoms. The van der Waals surface area contributed by atoms with Gasteiger partial charge in [-0.25, -0.2) is 12.4 Å². The van der Waals surface area contributed by atoms with E-state index in [1.807, 2.05) is 0 Å². The molecule has 3 aromatic carbocycles. The summed E-state index contributed by atoms with van der Waals surface area (Å²) in [7, 11) is -4.05. The van der Waals surface area contributed by atoms with E-state index < -0.39 is 22.0 Å². The van der Waals surface area contributed by atoms with Crippen LogP contribution >= 0.6 is 11.6 Å². The second-order valence-corrected chi connectivity index (χ2v) is 9.30. The van der Waals surface area contributed by atoms with E-state index >= 15 is 0 Å². The Morgan fingerprint density at radius 2 is 1.39 bits per heavy atom. The van der Waals surface area contributed by atoms with Crippen LogP contribution in [-0.4, -0.2) is 24.3 Å². The molecular formula is C24H18ClNO6S. The number of fused-ring (bicyclic) bond motifs is 1. The summed E-state index contributed by atoms with van der Waals surface area (Å²) in [6.07, 6.45) is 0. The van der Waals surface area contributed by atoms with Gasteiger partial charge in [0.1, 0.15) is 11.5 Å². The van der Waals surface area contributed by atoms with Crippen molar-refractivity contribution in [3.05, 3.63) is 77.8 Å². The van der Waals surface area contributed by atoms with Gasteiger partial charge in [0.2, 0.25) is 0 Å². The van der Waals surface area contributed by atoms with Gasteiger partial charge in [-0.05, 0) is 54.6 Å². The average molecular weight is 484 g/mol. The van der Waals surface area contributed by atoms with Crippen LogP contribution in [0.5, 0.6) is 11.5 Å². The van der Waals surface area contributed by atoms with Crippen LogP contribution in [0.25, 0.3) is 22.2 Å². The molecule has 0 radical (unpaired) electrons. The Labute approximate surface area is 195 Å². The topological polar surface area (TPSA) is 91.7 Å². The van der Waals surface area contributed by atoms with Crippen molar-refractivity contribution in [2.45, 2.75) is 18.7 Å². The molecule has 0 atom stereocenters. The van der Waals surface area contributed by atoms with E-state index in [0.29, 0.717) is 22.2 Å². The number of halogens is 1. The van der Waals surface area contributed by atoms with Gasteiger partial charge in [0.25, 0.3) is 10.0 Å². The number of carbonyl (C=O) groups is 2. The minimum Gasteiger partial charge on any atom is -0.427 e. The Balaban J connectivity index is 2.00. The summed E-state index contributed by atoms with van der Waals surface area (Å²) in [4.78, 5) is 22.7. The predicted molar refractivity (Wildman–Crippen MR) is 124 cm³/mol. The molecule has 33 heavy (non-hydrogen) atoms. The molecule has 1 heterocycles. The van der Waals surface area contributed by atoms with Crippen molar-refractivity contribution in [3.63, 3.8) is 0 Å². The highest BCUT2D eigenvalue weighted by atomic mass is 35.5.